The van der Waals surface area contributed by atoms with Crippen molar-refractivity contribution in [1.82, 2.24) is 29.9 Å². The van der Waals surface area contributed by atoms with Gasteiger partial charge in [-0.2, -0.15) is 9.97 Å². The second-order valence-electron chi connectivity index (χ2n) is 10.9. The second-order valence-corrected chi connectivity index (χ2v) is 13.7. The van der Waals surface area contributed by atoms with Crippen LogP contribution in [0.25, 0.3) is 22.1 Å². The van der Waals surface area contributed by atoms with Gasteiger partial charge < -0.3 is 28.1 Å². The zero-order chi connectivity index (χ0) is 34.5. The number of fused-ring (bicyclic) bond motifs is 2. The first-order chi connectivity index (χ1) is 23.1. The minimum atomic E-state index is -1.33. The van der Waals surface area contributed by atoms with Gasteiger partial charge in [-0.15, -0.1) is 0 Å². The molecule has 0 amide bonds. The number of aromatic amines is 2. The standard InChI is InChI=1S/2C17H19N3O3S.Ca.2H/c2*1-10-8-18-15(11(2)16(10)23-4)9-24(21)17-19-13-6-5-12(22-3)7-14(13)20-17;;;/h2*5-8H,9H2,1-4H3,(H,19,20);;;. The van der Waals surface area contributed by atoms with Crippen molar-refractivity contribution in [2.24, 2.45) is 0 Å². The molecule has 0 aliphatic carbocycles. The van der Waals surface area contributed by atoms with Gasteiger partial charge in [0.15, 0.2) is 11.5 Å². The number of pyridine rings is 2. The molecule has 2 aromatic carbocycles. The zero-order valence-corrected chi connectivity index (χ0v) is 29.7. The Balaban J connectivity index is 0.000000216. The molecule has 0 bridgehead atoms. The third-order valence-electron chi connectivity index (χ3n) is 7.80. The molecule has 256 valence electrons. The molecule has 2 N–H and O–H groups in total. The molecule has 0 saturated heterocycles. The predicted octanol–water partition coefficient (Wildman–Crippen LogP) is 4.88. The fourth-order valence-electron chi connectivity index (χ4n) is 5.21. The van der Waals surface area contributed by atoms with Gasteiger partial charge in [0.25, 0.3) is 0 Å². The second kappa shape index (κ2) is 17.1. The number of hydrogen-bond donors (Lipinski definition) is 2. The number of H-pyrrole nitrogens is 2. The molecule has 2 atom stereocenters. The van der Waals surface area contributed by atoms with Gasteiger partial charge in [0.05, 0.1) is 61.9 Å². The summed E-state index contributed by atoms with van der Waals surface area (Å²) in [6.07, 6.45) is 3.48. The van der Waals surface area contributed by atoms with E-state index >= 15 is 0 Å². The number of imidazole rings is 2. The van der Waals surface area contributed by atoms with E-state index < -0.39 is 22.4 Å². The molecule has 0 aliphatic rings. The van der Waals surface area contributed by atoms with Crippen molar-refractivity contribution in [2.75, 3.05) is 28.4 Å². The molecule has 12 nitrogen and oxygen atoms in total. The van der Waals surface area contributed by atoms with Crippen molar-refractivity contribution in [1.29, 1.82) is 0 Å². The fourth-order valence-corrected chi connectivity index (χ4v) is 7.41. The predicted molar refractivity (Wildman–Crippen MR) is 195 cm³/mol. The molecule has 6 rings (SSSR count). The SMILES string of the molecule is COc1ccc2[nH]c([S+]([O-])Cc3ncc(C)c(OC)c3C)nc2c1.COc1ccc2[nH]c([S+]([O-])Cc3ncc(C)c(OC)c3C)nc2c1.[CaH2]. The average molecular weight is 733 g/mol. The maximum absolute atomic E-state index is 12.7. The van der Waals surface area contributed by atoms with Crippen LogP contribution in [-0.4, -0.2) is 105 Å². The van der Waals surface area contributed by atoms with Crippen LogP contribution in [0.4, 0.5) is 0 Å². The molecule has 6 aromatic rings. The van der Waals surface area contributed by atoms with Crippen molar-refractivity contribution in [3.8, 4) is 23.0 Å². The molecular weight excluding hydrogens is 693 g/mol. The summed E-state index contributed by atoms with van der Waals surface area (Å²) >= 11 is -2.66. The number of nitrogens with zero attached hydrogens (tertiary/aromatic N) is 4. The van der Waals surface area contributed by atoms with Gasteiger partial charge in [0.1, 0.15) is 23.0 Å². The van der Waals surface area contributed by atoms with E-state index in [0.29, 0.717) is 21.8 Å². The van der Waals surface area contributed by atoms with Crippen molar-refractivity contribution >= 4 is 82.2 Å². The molecule has 0 fully saturated rings. The average Bonchev–Trinajstić information content (AvgIpc) is 3.72. The third-order valence-corrected chi connectivity index (χ3v) is 10.1. The summed E-state index contributed by atoms with van der Waals surface area (Å²) in [5, 5.41) is 0.859. The van der Waals surface area contributed by atoms with Crippen LogP contribution in [0.1, 0.15) is 33.6 Å². The Bertz CT molecular complexity index is 1910. The van der Waals surface area contributed by atoms with Gasteiger partial charge in [0, 0.05) is 69.1 Å². The molecule has 0 saturated carbocycles. The van der Waals surface area contributed by atoms with E-state index in [1.54, 1.807) is 40.8 Å². The minimum absolute atomic E-state index is 0. The summed E-state index contributed by atoms with van der Waals surface area (Å²) in [5.41, 5.74) is 8.32. The Morgan fingerprint density at radius 2 is 1.00 bits per heavy atom. The first kappa shape index (κ1) is 38.6. The molecule has 4 heterocycles. The topological polar surface area (TPSA) is 166 Å². The molecule has 0 spiro atoms. The number of aryl methyl sites for hydroxylation is 2. The number of hydrogen-bond acceptors (Lipinski definition) is 10. The van der Waals surface area contributed by atoms with Crippen LogP contribution in [0.15, 0.2) is 59.1 Å². The number of nitrogens with one attached hydrogen (secondary N) is 2. The van der Waals surface area contributed by atoms with E-state index in [1.807, 2.05) is 64.1 Å². The Morgan fingerprint density at radius 3 is 1.35 bits per heavy atom. The van der Waals surface area contributed by atoms with E-state index in [0.717, 1.165) is 67.2 Å². The fraction of sp³-hybridized carbons (Fsp3) is 0.294. The van der Waals surface area contributed by atoms with Gasteiger partial charge >= 0.3 is 48.1 Å². The first-order valence-electron chi connectivity index (χ1n) is 14.9. The molecule has 4 aromatic heterocycles. The number of aromatic nitrogens is 6. The molecular formula is C34H40CaN6O6S2. The Labute approximate surface area is 321 Å². The number of rotatable bonds is 10. The normalized spacial score (nSPS) is 12.1. The van der Waals surface area contributed by atoms with Crippen LogP contribution in [0.2, 0.25) is 0 Å². The van der Waals surface area contributed by atoms with E-state index in [1.165, 1.54) is 0 Å². The Hall–Kier alpha value is -3.24. The van der Waals surface area contributed by atoms with Gasteiger partial charge in [-0.3, -0.25) is 19.9 Å². The summed E-state index contributed by atoms with van der Waals surface area (Å²) in [6, 6.07) is 11.0. The van der Waals surface area contributed by atoms with Crippen molar-refractivity contribution < 1.29 is 28.1 Å². The van der Waals surface area contributed by atoms with E-state index in [9.17, 15) is 9.11 Å². The molecule has 0 aliphatic heterocycles. The van der Waals surface area contributed by atoms with Crippen molar-refractivity contribution in [3.63, 3.8) is 0 Å². The van der Waals surface area contributed by atoms with Crippen LogP contribution in [-0.2, 0) is 33.9 Å². The van der Waals surface area contributed by atoms with Crippen LogP contribution in [0.3, 0.4) is 0 Å². The summed E-state index contributed by atoms with van der Waals surface area (Å²) in [4.78, 5) is 23.8. The Morgan fingerprint density at radius 1 is 0.612 bits per heavy atom. The zero-order valence-electron chi connectivity index (χ0n) is 28.1. The Kier molecular flexibility index (Phi) is 13.5. The monoisotopic (exact) mass is 732 g/mol. The number of ether oxygens (including phenoxy) is 4. The van der Waals surface area contributed by atoms with E-state index in [2.05, 4.69) is 29.9 Å². The van der Waals surface area contributed by atoms with Crippen LogP contribution >= 0.6 is 0 Å². The van der Waals surface area contributed by atoms with Crippen LogP contribution in [0, 0.1) is 27.7 Å². The van der Waals surface area contributed by atoms with Crippen LogP contribution in [0.5, 0.6) is 23.0 Å². The summed E-state index contributed by atoms with van der Waals surface area (Å²) in [7, 11) is 6.46. The van der Waals surface area contributed by atoms with Crippen molar-refractivity contribution in [3.05, 3.63) is 82.4 Å². The molecule has 15 heteroatoms. The quantitative estimate of drug-likeness (QED) is 0.146. The van der Waals surface area contributed by atoms with E-state index in [-0.39, 0.29) is 49.2 Å². The maximum atomic E-state index is 12.7. The van der Waals surface area contributed by atoms with Crippen LogP contribution < -0.4 is 18.9 Å². The first-order valence-corrected chi connectivity index (χ1v) is 17.5. The van der Waals surface area contributed by atoms with Gasteiger partial charge in [0.2, 0.25) is 0 Å². The molecule has 2 unspecified atom stereocenters. The number of benzene rings is 2. The summed E-state index contributed by atoms with van der Waals surface area (Å²) in [6.45, 7) is 7.72. The third kappa shape index (κ3) is 8.74. The van der Waals surface area contributed by atoms with Gasteiger partial charge in [-0.1, -0.05) is 0 Å². The van der Waals surface area contributed by atoms with E-state index in [4.69, 9.17) is 18.9 Å². The van der Waals surface area contributed by atoms with Gasteiger partial charge in [-0.05, 0) is 52.0 Å². The summed E-state index contributed by atoms with van der Waals surface area (Å²) < 4.78 is 46.5. The number of methoxy groups -OCH3 is 4. The van der Waals surface area contributed by atoms with Gasteiger partial charge in [-0.25, -0.2) is 0 Å². The molecule has 0 radical (unpaired) electrons. The van der Waals surface area contributed by atoms with Crippen molar-refractivity contribution in [2.45, 2.75) is 49.5 Å². The summed E-state index contributed by atoms with van der Waals surface area (Å²) in [5.74, 6) is 3.55. The molecule has 49 heavy (non-hydrogen) atoms.